The van der Waals surface area contributed by atoms with E-state index in [1.165, 1.54) is 36.8 Å². The second-order valence-corrected chi connectivity index (χ2v) is 5.78. The molecule has 2 nitrogen and oxygen atoms in total. The van der Waals surface area contributed by atoms with Crippen molar-refractivity contribution in [2.45, 2.75) is 43.9 Å². The molecule has 2 N–H and O–H groups in total. The van der Waals surface area contributed by atoms with E-state index in [0.29, 0.717) is 0 Å². The molecule has 1 fully saturated rings. The fourth-order valence-electron chi connectivity index (χ4n) is 3.95. The van der Waals surface area contributed by atoms with Crippen LogP contribution in [-0.4, -0.2) is 13.7 Å². The van der Waals surface area contributed by atoms with Crippen molar-refractivity contribution < 1.29 is 4.74 Å². The first-order valence-corrected chi connectivity index (χ1v) is 7.37. The third kappa shape index (κ3) is 1.99. The third-order valence-electron chi connectivity index (χ3n) is 4.89. The highest BCUT2D eigenvalue weighted by atomic mass is 16.5. The zero-order valence-electron chi connectivity index (χ0n) is 11.7. The predicted molar refractivity (Wildman–Crippen MR) is 78.6 cm³/mol. The van der Waals surface area contributed by atoms with Gasteiger partial charge in [0, 0.05) is 5.41 Å². The van der Waals surface area contributed by atoms with Crippen LogP contribution in [0.5, 0.6) is 5.75 Å². The molecule has 0 spiro atoms. The Hall–Kier alpha value is -1.28. The Kier molecular flexibility index (Phi) is 3.36. The largest absolute Gasteiger partial charge is 0.497 e. The number of fused-ring (bicyclic) bond motifs is 3. The van der Waals surface area contributed by atoms with Gasteiger partial charge in [-0.2, -0.15) is 0 Å². The minimum atomic E-state index is 0.203. The minimum absolute atomic E-state index is 0.203. The summed E-state index contributed by atoms with van der Waals surface area (Å²) in [4.78, 5) is 0. The van der Waals surface area contributed by atoms with E-state index >= 15 is 0 Å². The topological polar surface area (TPSA) is 35.2 Å². The van der Waals surface area contributed by atoms with Crippen LogP contribution in [-0.2, 0) is 11.8 Å². The van der Waals surface area contributed by atoms with E-state index in [1.54, 1.807) is 12.7 Å². The normalized spacial score (nSPS) is 25.3. The van der Waals surface area contributed by atoms with Crippen molar-refractivity contribution in [3.05, 3.63) is 41.0 Å². The van der Waals surface area contributed by atoms with Crippen LogP contribution in [0.2, 0.25) is 0 Å². The molecular formula is C17H23NO. The first kappa shape index (κ1) is 12.7. The quantitative estimate of drug-likeness (QED) is 0.843. The molecule has 2 aliphatic rings. The van der Waals surface area contributed by atoms with Crippen LogP contribution in [0.25, 0.3) is 0 Å². The molecule has 0 radical (unpaired) electrons. The molecule has 2 aliphatic carbocycles. The lowest BCUT2D eigenvalue weighted by molar-refractivity contribution is 0.352. The molecule has 1 unspecified atom stereocenters. The average molecular weight is 257 g/mol. The van der Waals surface area contributed by atoms with Gasteiger partial charge in [0.05, 0.1) is 7.11 Å². The Morgan fingerprint density at radius 1 is 1.32 bits per heavy atom. The summed E-state index contributed by atoms with van der Waals surface area (Å²) in [6, 6.07) is 6.56. The van der Waals surface area contributed by atoms with Gasteiger partial charge >= 0.3 is 0 Å². The number of hydrogen-bond acceptors (Lipinski definition) is 2. The van der Waals surface area contributed by atoms with Crippen molar-refractivity contribution in [3.8, 4) is 5.75 Å². The van der Waals surface area contributed by atoms with Gasteiger partial charge in [-0.05, 0) is 61.9 Å². The zero-order chi connectivity index (χ0) is 13.3. The molecule has 2 heteroatoms. The van der Waals surface area contributed by atoms with Crippen LogP contribution in [0.1, 0.15) is 43.2 Å². The fraction of sp³-hybridized carbons (Fsp3) is 0.529. The number of nitrogens with two attached hydrogens (primary N) is 1. The summed E-state index contributed by atoms with van der Waals surface area (Å²) in [6.45, 7) is 0.758. The van der Waals surface area contributed by atoms with Crippen LogP contribution in [0.15, 0.2) is 29.8 Å². The minimum Gasteiger partial charge on any atom is -0.497 e. The number of benzene rings is 1. The van der Waals surface area contributed by atoms with Crippen LogP contribution in [0.4, 0.5) is 0 Å². The van der Waals surface area contributed by atoms with E-state index < -0.39 is 0 Å². The lowest BCUT2D eigenvalue weighted by atomic mass is 9.60. The van der Waals surface area contributed by atoms with Crippen LogP contribution < -0.4 is 10.5 Å². The summed E-state index contributed by atoms with van der Waals surface area (Å²) in [5, 5.41) is 0. The molecule has 0 aromatic heterocycles. The highest BCUT2D eigenvalue weighted by Gasteiger charge is 2.40. The third-order valence-corrected chi connectivity index (χ3v) is 4.89. The van der Waals surface area contributed by atoms with Crippen molar-refractivity contribution in [1.29, 1.82) is 0 Å². The molecule has 3 rings (SSSR count). The highest BCUT2D eigenvalue weighted by molar-refractivity contribution is 5.50. The van der Waals surface area contributed by atoms with Gasteiger partial charge in [-0.1, -0.05) is 24.1 Å². The molecule has 0 bridgehead atoms. The van der Waals surface area contributed by atoms with E-state index in [1.807, 2.05) is 0 Å². The SMILES string of the molecule is COc1ccc2c(c1)C1(CCN)CCCCC1=CC2. The number of hydrogen-bond donors (Lipinski definition) is 1. The smallest absolute Gasteiger partial charge is 0.119 e. The van der Waals surface area contributed by atoms with E-state index in [2.05, 4.69) is 24.3 Å². The van der Waals surface area contributed by atoms with Gasteiger partial charge in [0.2, 0.25) is 0 Å². The summed E-state index contributed by atoms with van der Waals surface area (Å²) in [5.74, 6) is 0.974. The van der Waals surface area contributed by atoms with Gasteiger partial charge in [-0.15, -0.1) is 0 Å². The number of ether oxygens (including phenoxy) is 1. The van der Waals surface area contributed by atoms with Crippen molar-refractivity contribution in [2.75, 3.05) is 13.7 Å². The van der Waals surface area contributed by atoms with E-state index in [4.69, 9.17) is 10.5 Å². The highest BCUT2D eigenvalue weighted by Crippen LogP contribution is 2.50. The molecule has 1 aromatic rings. The van der Waals surface area contributed by atoms with Gasteiger partial charge in [-0.25, -0.2) is 0 Å². The predicted octanol–water partition coefficient (Wildman–Crippen LogP) is 3.34. The molecule has 0 aliphatic heterocycles. The second kappa shape index (κ2) is 5.01. The molecule has 1 atom stereocenters. The molecule has 1 saturated carbocycles. The Morgan fingerprint density at radius 3 is 3.00 bits per heavy atom. The van der Waals surface area contributed by atoms with Gasteiger partial charge in [0.1, 0.15) is 5.75 Å². The van der Waals surface area contributed by atoms with Crippen LogP contribution in [0.3, 0.4) is 0 Å². The molecule has 1 aromatic carbocycles. The molecule has 0 amide bonds. The standard InChI is InChI=1S/C17H23NO/c1-19-15-8-6-13-5-7-14-4-2-3-9-17(14,10-11-18)16(13)12-15/h6-8,12H,2-5,9-11,18H2,1H3. The van der Waals surface area contributed by atoms with Gasteiger partial charge in [0.25, 0.3) is 0 Å². The van der Waals surface area contributed by atoms with E-state index in [0.717, 1.165) is 25.1 Å². The summed E-state index contributed by atoms with van der Waals surface area (Å²) >= 11 is 0. The van der Waals surface area contributed by atoms with Crippen LogP contribution >= 0.6 is 0 Å². The van der Waals surface area contributed by atoms with Crippen molar-refractivity contribution in [3.63, 3.8) is 0 Å². The summed E-state index contributed by atoms with van der Waals surface area (Å²) < 4.78 is 5.43. The van der Waals surface area contributed by atoms with Crippen LogP contribution in [0, 0.1) is 0 Å². The van der Waals surface area contributed by atoms with E-state index in [9.17, 15) is 0 Å². The van der Waals surface area contributed by atoms with Gasteiger partial charge in [0.15, 0.2) is 0 Å². The van der Waals surface area contributed by atoms with Crippen molar-refractivity contribution in [2.24, 2.45) is 5.73 Å². The van der Waals surface area contributed by atoms with Crippen molar-refractivity contribution >= 4 is 0 Å². The maximum Gasteiger partial charge on any atom is 0.119 e. The molecule has 19 heavy (non-hydrogen) atoms. The Bertz CT molecular complexity index is 502. The average Bonchev–Trinajstić information content (AvgIpc) is 2.47. The number of rotatable bonds is 3. The number of allylic oxidation sites excluding steroid dienone is 2. The molecule has 0 saturated heterocycles. The summed E-state index contributed by atoms with van der Waals surface area (Å²) in [6.07, 6.45) is 9.74. The van der Waals surface area contributed by atoms with Gasteiger partial charge in [-0.3, -0.25) is 0 Å². The second-order valence-electron chi connectivity index (χ2n) is 5.78. The lowest BCUT2D eigenvalue weighted by Gasteiger charge is -2.44. The zero-order valence-corrected chi connectivity index (χ0v) is 11.7. The van der Waals surface area contributed by atoms with E-state index in [-0.39, 0.29) is 5.41 Å². The molecule has 102 valence electrons. The lowest BCUT2D eigenvalue weighted by Crippen LogP contribution is -2.37. The maximum absolute atomic E-state index is 5.93. The Morgan fingerprint density at radius 2 is 2.21 bits per heavy atom. The molecular weight excluding hydrogens is 234 g/mol. The molecule has 0 heterocycles. The Labute approximate surface area is 115 Å². The van der Waals surface area contributed by atoms with Gasteiger partial charge < -0.3 is 10.5 Å². The fourth-order valence-corrected chi connectivity index (χ4v) is 3.95. The first-order valence-electron chi connectivity index (χ1n) is 7.37. The first-order chi connectivity index (χ1) is 9.30. The summed E-state index contributed by atoms with van der Waals surface area (Å²) in [5.41, 5.74) is 10.7. The maximum atomic E-state index is 5.93. The Balaban J connectivity index is 2.12. The van der Waals surface area contributed by atoms with Crippen molar-refractivity contribution in [1.82, 2.24) is 0 Å². The monoisotopic (exact) mass is 257 g/mol. The summed E-state index contributed by atoms with van der Waals surface area (Å²) in [7, 11) is 1.75. The number of methoxy groups -OCH3 is 1.